The van der Waals surface area contributed by atoms with Crippen molar-refractivity contribution in [2.45, 2.75) is 53.4 Å². The number of terminal acetylenes is 1. The smallest absolute Gasteiger partial charge is 0.00297 e. The van der Waals surface area contributed by atoms with Crippen molar-refractivity contribution in [2.75, 3.05) is 0 Å². The van der Waals surface area contributed by atoms with Crippen molar-refractivity contribution in [1.82, 2.24) is 0 Å². The summed E-state index contributed by atoms with van der Waals surface area (Å²) in [4.78, 5) is 0. The molecule has 16 heavy (non-hydrogen) atoms. The monoisotopic (exact) mass is 216 g/mol. The Labute approximate surface area is 101 Å². The Morgan fingerprint density at radius 3 is 1.56 bits per heavy atom. The van der Waals surface area contributed by atoms with Crippen LogP contribution in [0.25, 0.3) is 0 Å². The summed E-state index contributed by atoms with van der Waals surface area (Å²) in [5.74, 6) is 3.53. The lowest BCUT2D eigenvalue weighted by atomic mass is 9.90. The van der Waals surface area contributed by atoms with Crippen LogP contribution >= 0.6 is 0 Å². The van der Waals surface area contributed by atoms with Crippen molar-refractivity contribution in [3.8, 4) is 12.3 Å². The molecule has 0 aliphatic heterocycles. The van der Waals surface area contributed by atoms with E-state index < -0.39 is 0 Å². The van der Waals surface area contributed by atoms with Gasteiger partial charge in [-0.1, -0.05) is 45.9 Å². The zero-order chi connectivity index (χ0) is 12.7. The standard InChI is InChI=1S/C13H20.C3H4/c1-9(2)12-7-6-8-13(10(3)4)11(12)5;1-3-2/h6-10H,1-5H3;1H,2H3. The minimum absolute atomic E-state index is 0.638. The molecule has 88 valence electrons. The van der Waals surface area contributed by atoms with E-state index in [9.17, 15) is 0 Å². The third-order valence-corrected chi connectivity index (χ3v) is 2.66. The third-order valence-electron chi connectivity index (χ3n) is 2.66. The quantitative estimate of drug-likeness (QED) is 0.618. The summed E-state index contributed by atoms with van der Waals surface area (Å²) in [5, 5.41) is 0. The molecule has 0 fully saturated rings. The first-order chi connectivity index (χ1) is 7.45. The molecule has 1 aromatic carbocycles. The van der Waals surface area contributed by atoms with Crippen LogP contribution in [0.3, 0.4) is 0 Å². The van der Waals surface area contributed by atoms with E-state index in [1.165, 1.54) is 16.7 Å². The second kappa shape index (κ2) is 7.12. The van der Waals surface area contributed by atoms with Crippen LogP contribution < -0.4 is 0 Å². The fourth-order valence-electron chi connectivity index (χ4n) is 1.92. The highest BCUT2D eigenvalue weighted by molar-refractivity contribution is 5.37. The average Bonchev–Trinajstić information content (AvgIpc) is 2.18. The molecule has 0 heteroatoms. The number of hydrogen-bond acceptors (Lipinski definition) is 0. The zero-order valence-corrected chi connectivity index (χ0v) is 11.5. The first-order valence-electron chi connectivity index (χ1n) is 5.92. The van der Waals surface area contributed by atoms with Crippen LogP contribution in [0.15, 0.2) is 18.2 Å². The number of rotatable bonds is 2. The first-order valence-corrected chi connectivity index (χ1v) is 5.92. The van der Waals surface area contributed by atoms with E-state index in [1.807, 2.05) is 0 Å². The number of hydrogen-bond donors (Lipinski definition) is 0. The van der Waals surface area contributed by atoms with Gasteiger partial charge in [-0.2, -0.15) is 0 Å². The Hall–Kier alpha value is -1.22. The summed E-state index contributed by atoms with van der Waals surface area (Å²) in [6.45, 7) is 12.9. The van der Waals surface area contributed by atoms with E-state index in [-0.39, 0.29) is 0 Å². The van der Waals surface area contributed by atoms with Gasteiger partial charge in [-0.25, -0.2) is 0 Å². The highest BCUT2D eigenvalue weighted by Crippen LogP contribution is 2.26. The van der Waals surface area contributed by atoms with Crippen molar-refractivity contribution in [3.05, 3.63) is 34.9 Å². The molecule has 0 saturated heterocycles. The molecule has 0 spiro atoms. The molecular weight excluding hydrogens is 192 g/mol. The molecule has 0 bridgehead atoms. The lowest BCUT2D eigenvalue weighted by molar-refractivity contribution is 0.817. The lowest BCUT2D eigenvalue weighted by Crippen LogP contribution is -1.98. The van der Waals surface area contributed by atoms with E-state index in [4.69, 9.17) is 0 Å². The lowest BCUT2D eigenvalue weighted by Gasteiger charge is -2.16. The van der Waals surface area contributed by atoms with Crippen molar-refractivity contribution in [2.24, 2.45) is 0 Å². The molecule has 0 atom stereocenters. The third kappa shape index (κ3) is 4.11. The summed E-state index contributed by atoms with van der Waals surface area (Å²) in [6.07, 6.45) is 4.60. The van der Waals surface area contributed by atoms with Gasteiger partial charge in [0.05, 0.1) is 0 Å². The van der Waals surface area contributed by atoms with Crippen LogP contribution in [0, 0.1) is 19.3 Å². The van der Waals surface area contributed by atoms with Gasteiger partial charge in [0, 0.05) is 0 Å². The van der Waals surface area contributed by atoms with Crippen LogP contribution in [0.2, 0.25) is 0 Å². The van der Waals surface area contributed by atoms with E-state index >= 15 is 0 Å². The molecule has 0 radical (unpaired) electrons. The summed E-state index contributed by atoms with van der Waals surface area (Å²) in [6, 6.07) is 6.66. The van der Waals surface area contributed by atoms with Gasteiger partial charge in [0.15, 0.2) is 0 Å². The molecule has 0 aliphatic rings. The first kappa shape index (κ1) is 14.8. The average molecular weight is 216 g/mol. The van der Waals surface area contributed by atoms with Gasteiger partial charge in [0.1, 0.15) is 0 Å². The van der Waals surface area contributed by atoms with Crippen LogP contribution in [0.1, 0.15) is 63.1 Å². The molecule has 0 saturated carbocycles. The maximum Gasteiger partial charge on any atom is -0.00297 e. The van der Waals surface area contributed by atoms with E-state index in [0.717, 1.165) is 0 Å². The van der Waals surface area contributed by atoms with Gasteiger partial charge in [0.25, 0.3) is 0 Å². The fourth-order valence-corrected chi connectivity index (χ4v) is 1.92. The molecule has 0 heterocycles. The van der Waals surface area contributed by atoms with Crippen molar-refractivity contribution < 1.29 is 0 Å². The van der Waals surface area contributed by atoms with Gasteiger partial charge >= 0.3 is 0 Å². The summed E-state index contributed by atoms with van der Waals surface area (Å²) >= 11 is 0. The Kier molecular flexibility index (Phi) is 6.58. The maximum atomic E-state index is 4.60. The molecule has 0 nitrogen and oxygen atoms in total. The summed E-state index contributed by atoms with van der Waals surface area (Å²) < 4.78 is 0. The Balaban J connectivity index is 0.000000673. The van der Waals surface area contributed by atoms with Crippen LogP contribution in [-0.4, -0.2) is 0 Å². The molecule has 0 aliphatic carbocycles. The van der Waals surface area contributed by atoms with Crippen molar-refractivity contribution in [3.63, 3.8) is 0 Å². The molecule has 1 aromatic rings. The molecule has 0 unspecified atom stereocenters. The molecule has 0 aromatic heterocycles. The van der Waals surface area contributed by atoms with E-state index in [1.54, 1.807) is 6.92 Å². The summed E-state index contributed by atoms with van der Waals surface area (Å²) in [7, 11) is 0. The fraction of sp³-hybridized carbons (Fsp3) is 0.500. The molecular formula is C16H24. The van der Waals surface area contributed by atoms with Gasteiger partial charge in [-0.05, 0) is 42.4 Å². The van der Waals surface area contributed by atoms with Crippen LogP contribution in [0.4, 0.5) is 0 Å². The molecule has 0 amide bonds. The van der Waals surface area contributed by atoms with Crippen molar-refractivity contribution >= 4 is 0 Å². The normalized spacial score (nSPS) is 9.69. The van der Waals surface area contributed by atoms with E-state index in [2.05, 4.69) is 65.2 Å². The number of benzene rings is 1. The molecule has 0 N–H and O–H groups in total. The van der Waals surface area contributed by atoms with Crippen LogP contribution in [0.5, 0.6) is 0 Å². The zero-order valence-electron chi connectivity index (χ0n) is 11.5. The van der Waals surface area contributed by atoms with Gasteiger partial charge in [0.2, 0.25) is 0 Å². The largest absolute Gasteiger partial charge is 0.120 e. The van der Waals surface area contributed by atoms with E-state index in [0.29, 0.717) is 11.8 Å². The van der Waals surface area contributed by atoms with Gasteiger partial charge in [-0.15, -0.1) is 12.3 Å². The predicted octanol–water partition coefficient (Wildman–Crippen LogP) is 4.88. The Morgan fingerprint density at radius 2 is 1.31 bits per heavy atom. The SMILES string of the molecule is C#CC.Cc1c(C(C)C)cccc1C(C)C. The maximum absolute atomic E-state index is 4.60. The predicted molar refractivity (Wildman–Crippen MR) is 73.9 cm³/mol. The minimum atomic E-state index is 0.638. The Morgan fingerprint density at radius 1 is 1.00 bits per heavy atom. The second-order valence-electron chi connectivity index (χ2n) is 4.66. The highest BCUT2D eigenvalue weighted by Gasteiger charge is 2.08. The molecule has 1 rings (SSSR count). The summed E-state index contributed by atoms with van der Waals surface area (Å²) in [5.41, 5.74) is 4.46. The van der Waals surface area contributed by atoms with Crippen LogP contribution in [-0.2, 0) is 0 Å². The van der Waals surface area contributed by atoms with Gasteiger partial charge < -0.3 is 0 Å². The second-order valence-corrected chi connectivity index (χ2v) is 4.66. The highest BCUT2D eigenvalue weighted by atomic mass is 14.1. The topological polar surface area (TPSA) is 0 Å². The van der Waals surface area contributed by atoms with Crippen molar-refractivity contribution in [1.29, 1.82) is 0 Å². The Bertz CT molecular complexity index is 325. The minimum Gasteiger partial charge on any atom is -0.120 e. The van der Waals surface area contributed by atoms with Gasteiger partial charge in [-0.3, -0.25) is 0 Å².